The number of benzene rings is 1. The van der Waals surface area contributed by atoms with Crippen molar-refractivity contribution in [2.75, 3.05) is 26.2 Å². The van der Waals surface area contributed by atoms with Gasteiger partial charge in [-0.2, -0.15) is 0 Å². The molecule has 0 aromatic heterocycles. The SMILES string of the molecule is Cc1ccc(CN2CCOC(CN)C2)cc1Br. The number of aryl methyl sites for hydroxylation is 1. The molecule has 1 atom stereocenters. The fraction of sp³-hybridized carbons (Fsp3) is 0.538. The number of rotatable bonds is 3. The Hall–Kier alpha value is -0.420. The van der Waals surface area contributed by atoms with Crippen LogP contribution in [0.3, 0.4) is 0 Å². The number of nitrogens with two attached hydrogens (primary N) is 1. The quantitative estimate of drug-likeness (QED) is 0.926. The van der Waals surface area contributed by atoms with Crippen molar-refractivity contribution in [1.82, 2.24) is 4.90 Å². The van der Waals surface area contributed by atoms with Crippen molar-refractivity contribution >= 4 is 15.9 Å². The minimum Gasteiger partial charge on any atom is -0.374 e. The Balaban J connectivity index is 1.97. The van der Waals surface area contributed by atoms with Crippen LogP contribution in [0.2, 0.25) is 0 Å². The van der Waals surface area contributed by atoms with Crippen molar-refractivity contribution in [3.63, 3.8) is 0 Å². The number of morpholine rings is 1. The number of ether oxygens (including phenoxy) is 1. The molecule has 17 heavy (non-hydrogen) atoms. The topological polar surface area (TPSA) is 38.5 Å². The molecular formula is C13H19BrN2O. The maximum atomic E-state index is 5.64. The van der Waals surface area contributed by atoms with Crippen LogP contribution in [0.25, 0.3) is 0 Å². The van der Waals surface area contributed by atoms with Crippen LogP contribution in [0.1, 0.15) is 11.1 Å². The molecule has 3 nitrogen and oxygen atoms in total. The minimum absolute atomic E-state index is 0.192. The minimum atomic E-state index is 0.192. The van der Waals surface area contributed by atoms with Crippen LogP contribution in [-0.4, -0.2) is 37.2 Å². The average molecular weight is 299 g/mol. The first kappa shape index (κ1) is 13.0. The monoisotopic (exact) mass is 298 g/mol. The summed E-state index contributed by atoms with van der Waals surface area (Å²) in [4.78, 5) is 2.40. The summed E-state index contributed by atoms with van der Waals surface area (Å²) in [6.45, 7) is 6.39. The highest BCUT2D eigenvalue weighted by Gasteiger charge is 2.19. The molecule has 0 spiro atoms. The molecule has 1 fully saturated rings. The van der Waals surface area contributed by atoms with Gasteiger partial charge in [0.25, 0.3) is 0 Å². The smallest absolute Gasteiger partial charge is 0.0824 e. The standard InChI is InChI=1S/C13H19BrN2O/c1-10-2-3-11(6-13(10)14)8-16-4-5-17-12(7-15)9-16/h2-3,6,12H,4-5,7-9,15H2,1H3. The lowest BCUT2D eigenvalue weighted by molar-refractivity contribution is -0.0260. The summed E-state index contributed by atoms with van der Waals surface area (Å²) in [5.74, 6) is 0. The van der Waals surface area contributed by atoms with Crippen LogP contribution >= 0.6 is 15.9 Å². The Morgan fingerprint density at radius 2 is 2.35 bits per heavy atom. The van der Waals surface area contributed by atoms with Crippen molar-refractivity contribution in [1.29, 1.82) is 0 Å². The lowest BCUT2D eigenvalue weighted by Crippen LogP contribution is -2.45. The van der Waals surface area contributed by atoms with Gasteiger partial charge in [0, 0.05) is 30.7 Å². The summed E-state index contributed by atoms with van der Waals surface area (Å²) in [7, 11) is 0. The van der Waals surface area contributed by atoms with E-state index >= 15 is 0 Å². The van der Waals surface area contributed by atoms with Crippen molar-refractivity contribution in [3.05, 3.63) is 33.8 Å². The van der Waals surface area contributed by atoms with E-state index in [4.69, 9.17) is 10.5 Å². The lowest BCUT2D eigenvalue weighted by atomic mass is 10.1. The molecule has 2 rings (SSSR count). The fourth-order valence-corrected chi connectivity index (χ4v) is 2.49. The zero-order chi connectivity index (χ0) is 12.3. The molecule has 0 aliphatic carbocycles. The van der Waals surface area contributed by atoms with Gasteiger partial charge in [-0.05, 0) is 24.1 Å². The molecule has 0 saturated carbocycles. The molecule has 2 N–H and O–H groups in total. The Morgan fingerprint density at radius 3 is 3.06 bits per heavy atom. The second-order valence-corrected chi connectivity index (χ2v) is 5.40. The van der Waals surface area contributed by atoms with Gasteiger partial charge in [0.15, 0.2) is 0 Å². The zero-order valence-electron chi connectivity index (χ0n) is 10.2. The van der Waals surface area contributed by atoms with E-state index in [1.54, 1.807) is 0 Å². The molecule has 0 amide bonds. The van der Waals surface area contributed by atoms with Gasteiger partial charge in [-0.1, -0.05) is 28.1 Å². The molecule has 1 saturated heterocycles. The van der Waals surface area contributed by atoms with Crippen LogP contribution in [0, 0.1) is 6.92 Å². The van der Waals surface area contributed by atoms with Crippen molar-refractivity contribution in [2.45, 2.75) is 19.6 Å². The van der Waals surface area contributed by atoms with Crippen LogP contribution < -0.4 is 5.73 Å². The molecule has 1 aromatic carbocycles. The van der Waals surface area contributed by atoms with Gasteiger partial charge in [0.05, 0.1) is 12.7 Å². The molecule has 1 heterocycles. The first-order chi connectivity index (χ1) is 8.19. The van der Waals surface area contributed by atoms with Crippen molar-refractivity contribution in [3.8, 4) is 0 Å². The van der Waals surface area contributed by atoms with E-state index in [2.05, 4.69) is 46.0 Å². The van der Waals surface area contributed by atoms with E-state index in [9.17, 15) is 0 Å². The highest BCUT2D eigenvalue weighted by molar-refractivity contribution is 9.10. The third-order valence-electron chi connectivity index (χ3n) is 3.13. The zero-order valence-corrected chi connectivity index (χ0v) is 11.7. The molecule has 1 aliphatic heterocycles. The van der Waals surface area contributed by atoms with Gasteiger partial charge in [-0.15, -0.1) is 0 Å². The van der Waals surface area contributed by atoms with Crippen LogP contribution in [-0.2, 0) is 11.3 Å². The second kappa shape index (κ2) is 5.96. The molecular weight excluding hydrogens is 280 g/mol. The fourth-order valence-electron chi connectivity index (χ4n) is 2.06. The highest BCUT2D eigenvalue weighted by Crippen LogP contribution is 2.19. The van der Waals surface area contributed by atoms with Gasteiger partial charge in [0.1, 0.15) is 0 Å². The third-order valence-corrected chi connectivity index (χ3v) is 3.98. The van der Waals surface area contributed by atoms with Crippen molar-refractivity contribution < 1.29 is 4.74 Å². The number of nitrogens with zero attached hydrogens (tertiary/aromatic N) is 1. The average Bonchev–Trinajstić information content (AvgIpc) is 2.34. The summed E-state index contributed by atoms with van der Waals surface area (Å²) in [6.07, 6.45) is 0.192. The van der Waals surface area contributed by atoms with Gasteiger partial charge < -0.3 is 10.5 Å². The lowest BCUT2D eigenvalue weighted by Gasteiger charge is -2.32. The summed E-state index contributed by atoms with van der Waals surface area (Å²) >= 11 is 3.57. The number of halogens is 1. The Labute approximate surface area is 111 Å². The Kier molecular flexibility index (Phi) is 4.56. The normalized spacial score (nSPS) is 21.7. The highest BCUT2D eigenvalue weighted by atomic mass is 79.9. The molecule has 0 radical (unpaired) electrons. The van der Waals surface area contributed by atoms with Crippen LogP contribution in [0.15, 0.2) is 22.7 Å². The summed E-state index contributed by atoms with van der Waals surface area (Å²) < 4.78 is 6.74. The van der Waals surface area contributed by atoms with E-state index in [0.717, 1.165) is 26.2 Å². The maximum Gasteiger partial charge on any atom is 0.0824 e. The molecule has 0 bridgehead atoms. The van der Waals surface area contributed by atoms with Crippen molar-refractivity contribution in [2.24, 2.45) is 5.73 Å². The molecule has 1 aliphatic rings. The Bertz CT molecular complexity index is 384. The van der Waals surface area contributed by atoms with Gasteiger partial charge in [0.2, 0.25) is 0 Å². The first-order valence-corrected chi connectivity index (χ1v) is 6.77. The summed E-state index contributed by atoms with van der Waals surface area (Å²) in [6, 6.07) is 6.54. The van der Waals surface area contributed by atoms with E-state index in [-0.39, 0.29) is 6.10 Å². The van der Waals surface area contributed by atoms with E-state index < -0.39 is 0 Å². The second-order valence-electron chi connectivity index (χ2n) is 4.55. The molecule has 1 unspecified atom stereocenters. The molecule has 94 valence electrons. The molecule has 1 aromatic rings. The maximum absolute atomic E-state index is 5.64. The Morgan fingerprint density at radius 1 is 1.53 bits per heavy atom. The summed E-state index contributed by atoms with van der Waals surface area (Å²) in [5.41, 5.74) is 8.25. The van der Waals surface area contributed by atoms with E-state index in [1.807, 2.05) is 0 Å². The first-order valence-electron chi connectivity index (χ1n) is 5.98. The predicted molar refractivity (Wildman–Crippen MR) is 73.0 cm³/mol. The summed E-state index contributed by atoms with van der Waals surface area (Å²) in [5, 5.41) is 0. The van der Waals surface area contributed by atoms with Gasteiger partial charge in [-0.25, -0.2) is 0 Å². The van der Waals surface area contributed by atoms with Gasteiger partial charge in [-0.3, -0.25) is 4.90 Å². The van der Waals surface area contributed by atoms with E-state index in [1.165, 1.54) is 15.6 Å². The van der Waals surface area contributed by atoms with Crippen LogP contribution in [0.4, 0.5) is 0 Å². The largest absolute Gasteiger partial charge is 0.374 e. The third kappa shape index (κ3) is 3.52. The number of hydrogen-bond donors (Lipinski definition) is 1. The van der Waals surface area contributed by atoms with Gasteiger partial charge >= 0.3 is 0 Å². The van der Waals surface area contributed by atoms with E-state index in [0.29, 0.717) is 6.54 Å². The molecule has 4 heteroatoms. The number of hydrogen-bond acceptors (Lipinski definition) is 3. The van der Waals surface area contributed by atoms with Crippen LogP contribution in [0.5, 0.6) is 0 Å². The predicted octanol–water partition coefficient (Wildman–Crippen LogP) is 1.92.